The van der Waals surface area contributed by atoms with Crippen molar-refractivity contribution in [3.63, 3.8) is 0 Å². The fourth-order valence-electron chi connectivity index (χ4n) is 2.24. The maximum absolute atomic E-state index is 12.6. The molecule has 2 amide bonds. The fraction of sp³-hybridized carbons (Fsp3) is 0.133. The molecular weight excluding hydrogens is 387 g/mol. The zero-order chi connectivity index (χ0) is 20.5. The normalized spacial score (nSPS) is 10.9. The van der Waals surface area contributed by atoms with Crippen LogP contribution in [0.25, 0.3) is 11.1 Å². The molecule has 12 heteroatoms. The number of benzene rings is 1. The molecule has 0 fully saturated rings. The molecule has 2 aromatic rings. The topological polar surface area (TPSA) is 157 Å². The molecule has 0 bridgehead atoms. The Hall–Kier alpha value is -3.46. The van der Waals surface area contributed by atoms with E-state index < -0.39 is 18.0 Å². The number of carbonyl (C=O) groups is 2. The number of anilines is 3. The first kappa shape index (κ1) is 19.9. The van der Waals surface area contributed by atoms with E-state index in [2.05, 4.69) is 0 Å². The summed E-state index contributed by atoms with van der Waals surface area (Å²) in [5.74, 6) is -3.25. The first-order chi connectivity index (χ1) is 12.5. The summed E-state index contributed by atoms with van der Waals surface area (Å²) in [4.78, 5) is 22.6. The van der Waals surface area contributed by atoms with Crippen molar-refractivity contribution in [3.05, 3.63) is 21.9 Å². The van der Waals surface area contributed by atoms with Gasteiger partial charge in [-0.3, -0.25) is 9.59 Å². The van der Waals surface area contributed by atoms with Crippen LogP contribution >= 0.6 is 11.3 Å². The third-order valence-electron chi connectivity index (χ3n) is 3.42. The Morgan fingerprint density at radius 2 is 1.93 bits per heavy atom. The van der Waals surface area contributed by atoms with Gasteiger partial charge in [0.2, 0.25) is 0 Å². The molecule has 0 saturated heterocycles. The number of nitrogens with zero attached hydrogens (tertiary/aromatic N) is 1. The lowest BCUT2D eigenvalue weighted by molar-refractivity contribution is -0.167. The number of hydrogen-bond acceptors (Lipinski definition) is 7. The van der Waals surface area contributed by atoms with Crippen molar-refractivity contribution < 1.29 is 27.5 Å². The summed E-state index contributed by atoms with van der Waals surface area (Å²) in [5, 5.41) is 10.9. The monoisotopic (exact) mass is 399 g/mol. The smallest absolute Gasteiger partial charge is 0.471 e. The first-order valence-electron chi connectivity index (χ1n) is 6.99. The number of hydrogen-bond donors (Lipinski definition) is 4. The van der Waals surface area contributed by atoms with E-state index in [9.17, 15) is 28.0 Å². The molecule has 8 nitrogen and oxygen atoms in total. The number of amides is 2. The molecule has 0 unspecified atom stereocenters. The Morgan fingerprint density at radius 3 is 2.41 bits per heavy atom. The van der Waals surface area contributed by atoms with Crippen LogP contribution in [0.4, 0.5) is 30.2 Å². The maximum Gasteiger partial charge on any atom is 0.471 e. The van der Waals surface area contributed by atoms with Crippen LogP contribution in [-0.2, 0) is 4.79 Å². The van der Waals surface area contributed by atoms with E-state index in [1.54, 1.807) is 5.32 Å². The lowest BCUT2D eigenvalue weighted by Gasteiger charge is -2.15. The van der Waals surface area contributed by atoms with Gasteiger partial charge in [-0.1, -0.05) is 0 Å². The van der Waals surface area contributed by atoms with Crippen molar-refractivity contribution in [1.82, 2.24) is 0 Å². The zero-order valence-electron chi connectivity index (χ0n) is 13.6. The van der Waals surface area contributed by atoms with Crippen molar-refractivity contribution in [2.45, 2.75) is 6.18 Å². The first-order valence-corrected chi connectivity index (χ1v) is 7.81. The van der Waals surface area contributed by atoms with E-state index >= 15 is 0 Å². The molecule has 0 aliphatic rings. The van der Waals surface area contributed by atoms with Gasteiger partial charge in [0.15, 0.2) is 0 Å². The zero-order valence-corrected chi connectivity index (χ0v) is 14.4. The molecule has 7 N–H and O–H groups in total. The highest BCUT2D eigenvalue weighted by Gasteiger charge is 2.39. The van der Waals surface area contributed by atoms with Crippen molar-refractivity contribution in [3.8, 4) is 22.9 Å². The number of thiophene rings is 1. The molecule has 0 saturated carbocycles. The van der Waals surface area contributed by atoms with Gasteiger partial charge in [-0.2, -0.15) is 18.4 Å². The summed E-state index contributed by atoms with van der Waals surface area (Å²) in [5.41, 5.74) is 16.5. The van der Waals surface area contributed by atoms with Gasteiger partial charge in [0.05, 0.1) is 18.5 Å². The molecule has 2 rings (SSSR count). The molecule has 0 spiro atoms. The second-order valence-electron chi connectivity index (χ2n) is 5.12. The summed E-state index contributed by atoms with van der Waals surface area (Å²) >= 11 is 0.717. The van der Waals surface area contributed by atoms with Gasteiger partial charge in [-0.05, 0) is 6.07 Å². The second-order valence-corrected chi connectivity index (χ2v) is 6.14. The SMILES string of the molecule is COc1cc(N)c(-c2c(C#N)sc(C(N)=O)c2N)cc1NC(=O)C(F)(F)F. The van der Waals surface area contributed by atoms with Crippen LogP contribution in [0.1, 0.15) is 14.5 Å². The predicted molar refractivity (Wildman–Crippen MR) is 93.0 cm³/mol. The third kappa shape index (κ3) is 3.72. The van der Waals surface area contributed by atoms with E-state index in [1.807, 2.05) is 6.07 Å². The number of carbonyl (C=O) groups excluding carboxylic acids is 2. The van der Waals surface area contributed by atoms with Crippen LogP contribution in [0.3, 0.4) is 0 Å². The minimum atomic E-state index is -5.13. The maximum atomic E-state index is 12.6. The minimum Gasteiger partial charge on any atom is -0.494 e. The van der Waals surface area contributed by atoms with Crippen LogP contribution in [0.15, 0.2) is 12.1 Å². The van der Waals surface area contributed by atoms with Gasteiger partial charge in [-0.15, -0.1) is 11.3 Å². The third-order valence-corrected chi connectivity index (χ3v) is 4.54. The Bertz CT molecular complexity index is 979. The van der Waals surface area contributed by atoms with Gasteiger partial charge in [0, 0.05) is 22.9 Å². The fourth-order valence-corrected chi connectivity index (χ4v) is 3.13. The van der Waals surface area contributed by atoms with Gasteiger partial charge in [0.25, 0.3) is 5.91 Å². The lowest BCUT2D eigenvalue weighted by atomic mass is 10.0. The van der Waals surface area contributed by atoms with Crippen LogP contribution in [-0.4, -0.2) is 25.1 Å². The summed E-state index contributed by atoms with van der Waals surface area (Å²) < 4.78 is 42.6. The number of nitrogens with one attached hydrogen (secondary N) is 1. The average Bonchev–Trinajstić information content (AvgIpc) is 2.91. The molecule has 0 aliphatic heterocycles. The quantitative estimate of drug-likeness (QED) is 0.576. The molecular formula is C15H12F3N5O3S. The van der Waals surface area contributed by atoms with Crippen LogP contribution in [0, 0.1) is 11.3 Å². The molecule has 0 atom stereocenters. The van der Waals surface area contributed by atoms with Crippen molar-refractivity contribution in [1.29, 1.82) is 5.26 Å². The lowest BCUT2D eigenvalue weighted by Crippen LogP contribution is -2.30. The number of halogens is 3. The highest BCUT2D eigenvalue weighted by atomic mass is 32.1. The number of primary amides is 1. The van der Waals surface area contributed by atoms with Crippen molar-refractivity contribution in [2.75, 3.05) is 23.9 Å². The summed E-state index contributed by atoms with van der Waals surface area (Å²) in [6, 6.07) is 4.05. The van der Waals surface area contributed by atoms with Gasteiger partial charge in [-0.25, -0.2) is 0 Å². The summed E-state index contributed by atoms with van der Waals surface area (Å²) in [6.07, 6.45) is -5.13. The predicted octanol–water partition coefficient (Wildman–Crippen LogP) is 2.06. The van der Waals surface area contributed by atoms with E-state index in [1.165, 1.54) is 7.11 Å². The van der Waals surface area contributed by atoms with Gasteiger partial charge >= 0.3 is 12.1 Å². The van der Waals surface area contributed by atoms with Gasteiger partial charge < -0.3 is 27.3 Å². The second kappa shape index (κ2) is 7.04. The minimum absolute atomic E-state index is 0.00567. The number of alkyl halides is 3. The standard InChI is InChI=1S/C15H12F3N5O3S/c1-26-8-3-6(20)5(2-7(8)23-14(25)15(16,17)18)10-9(4-19)27-12(11(10)21)13(22)24/h2-3H,20-21H2,1H3,(H2,22,24)(H,23,25). The Morgan fingerprint density at radius 1 is 1.30 bits per heavy atom. The molecule has 1 heterocycles. The number of methoxy groups -OCH3 is 1. The van der Waals surface area contributed by atoms with E-state index in [-0.39, 0.29) is 43.7 Å². The molecule has 0 aliphatic carbocycles. The van der Waals surface area contributed by atoms with Gasteiger partial charge in [0.1, 0.15) is 21.6 Å². The highest BCUT2D eigenvalue weighted by molar-refractivity contribution is 7.15. The van der Waals surface area contributed by atoms with E-state index in [0.717, 1.165) is 12.1 Å². The van der Waals surface area contributed by atoms with Crippen LogP contribution in [0.5, 0.6) is 5.75 Å². The number of rotatable bonds is 4. The van der Waals surface area contributed by atoms with Crippen molar-refractivity contribution in [2.24, 2.45) is 5.73 Å². The number of ether oxygens (including phenoxy) is 1. The van der Waals surface area contributed by atoms with Crippen LogP contribution < -0.4 is 27.3 Å². The highest BCUT2D eigenvalue weighted by Crippen LogP contribution is 2.44. The number of nitriles is 1. The Balaban J connectivity index is 2.70. The summed E-state index contributed by atoms with van der Waals surface area (Å²) in [6.45, 7) is 0. The molecule has 0 radical (unpaired) electrons. The Kier molecular flexibility index (Phi) is 5.18. The van der Waals surface area contributed by atoms with Crippen molar-refractivity contribution >= 4 is 40.2 Å². The molecule has 27 heavy (non-hydrogen) atoms. The number of nitrogens with two attached hydrogens (primary N) is 3. The van der Waals surface area contributed by atoms with Crippen LogP contribution in [0.2, 0.25) is 0 Å². The molecule has 142 valence electrons. The largest absolute Gasteiger partial charge is 0.494 e. The van der Waals surface area contributed by atoms with E-state index in [4.69, 9.17) is 21.9 Å². The average molecular weight is 399 g/mol. The summed E-state index contributed by atoms with van der Waals surface area (Å²) in [7, 11) is 1.17. The van der Waals surface area contributed by atoms with E-state index in [0.29, 0.717) is 11.3 Å². The number of nitrogen functional groups attached to an aromatic ring is 2. The molecule has 1 aromatic heterocycles. The Labute approximate surface area is 154 Å². The molecule has 1 aromatic carbocycles.